The zero-order valence-electron chi connectivity index (χ0n) is 16.0. The number of amides is 1. The van der Waals surface area contributed by atoms with Crippen LogP contribution in [0.1, 0.15) is 10.4 Å². The Bertz CT molecular complexity index is 1100. The Morgan fingerprint density at radius 2 is 1.47 bits per heavy atom. The summed E-state index contributed by atoms with van der Waals surface area (Å²) < 4.78 is 11.4. The summed E-state index contributed by atoms with van der Waals surface area (Å²) in [5.41, 5.74) is 1.38. The second-order valence-electron chi connectivity index (χ2n) is 6.24. The van der Waals surface area contributed by atoms with Crippen LogP contribution in [0, 0.1) is 0 Å². The Hall–Kier alpha value is -3.71. The molecule has 7 heteroatoms. The number of rotatable bonds is 8. The average Bonchev–Trinajstić information content (AvgIpc) is 3.27. The van der Waals surface area contributed by atoms with E-state index in [-0.39, 0.29) is 5.91 Å². The fraction of sp³-hybridized carbons (Fsp3) is 0.0870. The van der Waals surface area contributed by atoms with Crippen molar-refractivity contribution in [3.8, 4) is 22.1 Å². The second kappa shape index (κ2) is 9.67. The van der Waals surface area contributed by atoms with Gasteiger partial charge in [0.25, 0.3) is 5.91 Å². The first-order valence-corrected chi connectivity index (χ1v) is 10.2. The van der Waals surface area contributed by atoms with Gasteiger partial charge in [0.05, 0.1) is 5.56 Å². The first-order valence-electron chi connectivity index (χ1n) is 9.39. The predicted octanol–water partition coefficient (Wildman–Crippen LogP) is 4.92. The van der Waals surface area contributed by atoms with Gasteiger partial charge in [-0.25, -0.2) is 0 Å². The molecule has 0 fully saturated rings. The van der Waals surface area contributed by atoms with Gasteiger partial charge in [0.2, 0.25) is 5.13 Å². The van der Waals surface area contributed by atoms with Crippen molar-refractivity contribution in [3.63, 3.8) is 0 Å². The quantitative estimate of drug-likeness (QED) is 0.412. The molecule has 0 saturated heterocycles. The minimum absolute atomic E-state index is 0.301. The highest BCUT2D eigenvalue weighted by atomic mass is 32.1. The van der Waals surface area contributed by atoms with Gasteiger partial charge < -0.3 is 9.47 Å². The van der Waals surface area contributed by atoms with Gasteiger partial charge in [-0.05, 0) is 24.3 Å². The molecule has 6 nitrogen and oxygen atoms in total. The van der Waals surface area contributed by atoms with Crippen molar-refractivity contribution in [1.29, 1.82) is 0 Å². The smallest absolute Gasteiger partial charge is 0.261 e. The highest BCUT2D eigenvalue weighted by molar-refractivity contribution is 7.18. The third-order valence-electron chi connectivity index (χ3n) is 4.15. The van der Waals surface area contributed by atoms with Crippen molar-refractivity contribution in [2.45, 2.75) is 0 Å². The van der Waals surface area contributed by atoms with Gasteiger partial charge in [-0.3, -0.25) is 10.1 Å². The molecule has 0 unspecified atom stereocenters. The molecule has 0 aliphatic heterocycles. The number of carbonyl (C=O) groups excluding carboxylic acids is 1. The largest absolute Gasteiger partial charge is 0.490 e. The van der Waals surface area contributed by atoms with E-state index in [4.69, 9.17) is 9.47 Å². The van der Waals surface area contributed by atoms with Crippen LogP contribution in [0.4, 0.5) is 5.13 Å². The van der Waals surface area contributed by atoms with Crippen LogP contribution in [0.5, 0.6) is 11.5 Å². The summed E-state index contributed by atoms with van der Waals surface area (Å²) >= 11 is 1.32. The number of carbonyl (C=O) groups is 1. The average molecular weight is 417 g/mol. The fourth-order valence-corrected chi connectivity index (χ4v) is 3.49. The Kier molecular flexibility index (Phi) is 6.31. The maximum Gasteiger partial charge on any atom is 0.261 e. The predicted molar refractivity (Wildman–Crippen MR) is 117 cm³/mol. The van der Waals surface area contributed by atoms with E-state index in [9.17, 15) is 4.79 Å². The van der Waals surface area contributed by atoms with Crippen LogP contribution < -0.4 is 14.8 Å². The Morgan fingerprint density at radius 3 is 2.27 bits per heavy atom. The third kappa shape index (κ3) is 5.01. The fourth-order valence-electron chi connectivity index (χ4n) is 2.74. The third-order valence-corrected chi connectivity index (χ3v) is 5.04. The van der Waals surface area contributed by atoms with Gasteiger partial charge in [-0.1, -0.05) is 72.0 Å². The van der Waals surface area contributed by atoms with Crippen molar-refractivity contribution in [2.75, 3.05) is 18.5 Å². The van der Waals surface area contributed by atoms with E-state index in [0.717, 1.165) is 16.3 Å². The lowest BCUT2D eigenvalue weighted by Crippen LogP contribution is -2.15. The summed E-state index contributed by atoms with van der Waals surface area (Å²) in [5, 5.41) is 12.2. The number of para-hydroxylation sites is 2. The molecule has 150 valence electrons. The number of nitrogens with one attached hydrogen (secondary N) is 1. The number of aromatic nitrogens is 2. The minimum Gasteiger partial charge on any atom is -0.490 e. The number of hydrogen-bond donors (Lipinski definition) is 1. The molecule has 4 aromatic rings. The lowest BCUT2D eigenvalue weighted by molar-refractivity contribution is 0.102. The molecule has 0 spiro atoms. The standard InChI is InChI=1S/C23H19N3O3S/c27-21(24-23-26-25-22(30-23)17-9-3-1-4-10-17)19-13-7-8-14-20(19)29-16-15-28-18-11-5-2-6-12-18/h1-14H,15-16H2,(H,24,26,27). The van der Waals surface area contributed by atoms with E-state index < -0.39 is 0 Å². The molecular weight excluding hydrogens is 398 g/mol. The van der Waals surface area contributed by atoms with E-state index in [0.29, 0.717) is 29.7 Å². The van der Waals surface area contributed by atoms with Crippen molar-refractivity contribution < 1.29 is 14.3 Å². The first kappa shape index (κ1) is 19.6. The van der Waals surface area contributed by atoms with Crippen LogP contribution in [0.15, 0.2) is 84.9 Å². The molecule has 0 aliphatic carbocycles. The lowest BCUT2D eigenvalue weighted by Gasteiger charge is -2.11. The molecule has 1 heterocycles. The van der Waals surface area contributed by atoms with Crippen LogP contribution in [0.2, 0.25) is 0 Å². The van der Waals surface area contributed by atoms with E-state index in [1.54, 1.807) is 18.2 Å². The van der Waals surface area contributed by atoms with E-state index in [1.807, 2.05) is 66.7 Å². The van der Waals surface area contributed by atoms with Crippen molar-refractivity contribution >= 4 is 22.4 Å². The Balaban J connectivity index is 1.37. The maximum atomic E-state index is 12.8. The zero-order chi connectivity index (χ0) is 20.6. The number of anilines is 1. The van der Waals surface area contributed by atoms with Crippen LogP contribution in [0.3, 0.4) is 0 Å². The molecule has 30 heavy (non-hydrogen) atoms. The van der Waals surface area contributed by atoms with Gasteiger partial charge in [-0.15, -0.1) is 10.2 Å². The Morgan fingerprint density at radius 1 is 0.800 bits per heavy atom. The molecule has 0 bridgehead atoms. The molecule has 0 aliphatic rings. The lowest BCUT2D eigenvalue weighted by atomic mass is 10.2. The summed E-state index contributed by atoms with van der Waals surface area (Å²) in [6, 6.07) is 26.3. The minimum atomic E-state index is -0.301. The Labute approximate surface area is 178 Å². The first-order chi connectivity index (χ1) is 14.8. The molecule has 4 rings (SSSR count). The number of benzene rings is 3. The van der Waals surface area contributed by atoms with Gasteiger partial charge in [-0.2, -0.15) is 0 Å². The van der Waals surface area contributed by atoms with Gasteiger partial charge >= 0.3 is 0 Å². The summed E-state index contributed by atoms with van der Waals surface area (Å²) in [7, 11) is 0. The molecule has 1 aromatic heterocycles. The van der Waals surface area contributed by atoms with Gasteiger partial charge in [0, 0.05) is 5.56 Å². The molecular formula is C23H19N3O3S. The molecule has 3 aromatic carbocycles. The zero-order valence-corrected chi connectivity index (χ0v) is 16.8. The van der Waals surface area contributed by atoms with E-state index in [2.05, 4.69) is 15.5 Å². The normalized spacial score (nSPS) is 10.4. The van der Waals surface area contributed by atoms with Gasteiger partial charge in [0.1, 0.15) is 29.7 Å². The number of ether oxygens (including phenoxy) is 2. The number of nitrogens with zero attached hydrogens (tertiary/aromatic N) is 2. The molecule has 0 atom stereocenters. The second-order valence-corrected chi connectivity index (χ2v) is 7.22. The molecule has 0 saturated carbocycles. The highest BCUT2D eigenvalue weighted by Gasteiger charge is 2.15. The van der Waals surface area contributed by atoms with Gasteiger partial charge in [0.15, 0.2) is 0 Å². The number of hydrogen-bond acceptors (Lipinski definition) is 6. The van der Waals surface area contributed by atoms with E-state index >= 15 is 0 Å². The van der Waals surface area contributed by atoms with Crippen LogP contribution >= 0.6 is 11.3 Å². The maximum absolute atomic E-state index is 12.8. The SMILES string of the molecule is O=C(Nc1nnc(-c2ccccc2)s1)c1ccccc1OCCOc1ccccc1. The van der Waals surface area contributed by atoms with Crippen LogP contribution in [0.25, 0.3) is 10.6 Å². The van der Waals surface area contributed by atoms with Crippen molar-refractivity contribution in [2.24, 2.45) is 0 Å². The summed E-state index contributed by atoms with van der Waals surface area (Å²) in [6.07, 6.45) is 0. The summed E-state index contributed by atoms with van der Waals surface area (Å²) in [4.78, 5) is 12.8. The van der Waals surface area contributed by atoms with Crippen LogP contribution in [-0.4, -0.2) is 29.3 Å². The monoisotopic (exact) mass is 417 g/mol. The molecule has 1 N–H and O–H groups in total. The topological polar surface area (TPSA) is 73.3 Å². The highest BCUT2D eigenvalue weighted by Crippen LogP contribution is 2.27. The summed E-state index contributed by atoms with van der Waals surface area (Å²) in [5.74, 6) is 0.961. The molecule has 1 amide bonds. The van der Waals surface area contributed by atoms with Crippen molar-refractivity contribution in [3.05, 3.63) is 90.5 Å². The van der Waals surface area contributed by atoms with Crippen LogP contribution in [-0.2, 0) is 0 Å². The summed E-state index contributed by atoms with van der Waals surface area (Å²) in [6.45, 7) is 0.687. The van der Waals surface area contributed by atoms with E-state index in [1.165, 1.54) is 11.3 Å². The molecule has 0 radical (unpaired) electrons. The van der Waals surface area contributed by atoms with Crippen molar-refractivity contribution in [1.82, 2.24) is 10.2 Å².